The van der Waals surface area contributed by atoms with Gasteiger partial charge in [0.15, 0.2) is 0 Å². The van der Waals surface area contributed by atoms with Crippen molar-refractivity contribution in [3.8, 4) is 0 Å². The van der Waals surface area contributed by atoms with Gasteiger partial charge in [-0.25, -0.2) is 4.79 Å². The van der Waals surface area contributed by atoms with E-state index in [1.165, 1.54) is 11.0 Å². The molecule has 10 nitrogen and oxygen atoms in total. The van der Waals surface area contributed by atoms with Crippen LogP contribution in [0.2, 0.25) is 0 Å². The summed E-state index contributed by atoms with van der Waals surface area (Å²) < 4.78 is 5.51. The van der Waals surface area contributed by atoms with Crippen LogP contribution in [0.1, 0.15) is 70.4 Å². The van der Waals surface area contributed by atoms with Gasteiger partial charge in [-0.1, -0.05) is 78.9 Å². The van der Waals surface area contributed by atoms with E-state index >= 15 is 0 Å². The summed E-state index contributed by atoms with van der Waals surface area (Å²) in [6, 6.07) is 22.4. The highest BCUT2D eigenvalue weighted by atomic mass is 16.6. The second-order valence-corrected chi connectivity index (χ2v) is 16.9. The third-order valence-corrected chi connectivity index (χ3v) is 11.0. The molecule has 55 heavy (non-hydrogen) atoms. The van der Waals surface area contributed by atoms with E-state index in [0.29, 0.717) is 31.8 Å². The van der Waals surface area contributed by atoms with Gasteiger partial charge >= 0.3 is 6.09 Å². The number of nitrogens with zero attached hydrogens (tertiary/aromatic N) is 4. The minimum Gasteiger partial charge on any atom is -0.444 e. The van der Waals surface area contributed by atoms with Crippen molar-refractivity contribution in [3.05, 3.63) is 96.1 Å². The molecule has 1 N–H and O–H groups in total. The Balaban J connectivity index is 1.40. The molecule has 1 heterocycles. The zero-order valence-corrected chi connectivity index (χ0v) is 33.9. The fourth-order valence-corrected chi connectivity index (χ4v) is 7.90. The fourth-order valence-electron chi connectivity index (χ4n) is 7.90. The Bertz CT molecular complexity index is 1810. The Morgan fingerprint density at radius 3 is 2.18 bits per heavy atom. The Morgan fingerprint density at radius 1 is 0.855 bits per heavy atom. The van der Waals surface area contributed by atoms with Crippen LogP contribution in [0.5, 0.6) is 0 Å². The average Bonchev–Trinajstić information content (AvgIpc) is 3.13. The largest absolute Gasteiger partial charge is 0.444 e. The molecule has 3 aromatic carbocycles. The lowest BCUT2D eigenvalue weighted by Crippen LogP contribution is -2.57. The first-order chi connectivity index (χ1) is 26.1. The topological polar surface area (TPSA) is 103 Å². The Morgan fingerprint density at radius 2 is 1.53 bits per heavy atom. The number of benzene rings is 3. The van der Waals surface area contributed by atoms with Crippen LogP contribution < -0.4 is 5.32 Å². The van der Waals surface area contributed by atoms with Crippen molar-refractivity contribution in [1.82, 2.24) is 24.9 Å². The molecule has 1 saturated carbocycles. The van der Waals surface area contributed by atoms with Crippen molar-refractivity contribution < 1.29 is 23.9 Å². The van der Waals surface area contributed by atoms with E-state index in [1.54, 1.807) is 25.1 Å². The van der Waals surface area contributed by atoms with Gasteiger partial charge in [0.1, 0.15) is 17.7 Å². The number of piperidine rings is 1. The van der Waals surface area contributed by atoms with Crippen molar-refractivity contribution in [2.24, 2.45) is 5.92 Å². The first-order valence-corrected chi connectivity index (χ1v) is 19.8. The van der Waals surface area contributed by atoms with Crippen molar-refractivity contribution in [2.75, 3.05) is 47.8 Å². The monoisotopic (exact) mass is 751 g/mol. The van der Waals surface area contributed by atoms with Gasteiger partial charge in [0.25, 0.3) is 0 Å². The molecule has 0 aromatic heterocycles. The summed E-state index contributed by atoms with van der Waals surface area (Å²) in [4.78, 5) is 63.2. The van der Waals surface area contributed by atoms with E-state index in [2.05, 4.69) is 30.4 Å². The van der Waals surface area contributed by atoms with Crippen LogP contribution in [0.3, 0.4) is 0 Å². The molecular formula is C45H61N5O5. The third-order valence-electron chi connectivity index (χ3n) is 11.0. The molecule has 4 amide bonds. The summed E-state index contributed by atoms with van der Waals surface area (Å²) in [6.45, 7) is 7.70. The van der Waals surface area contributed by atoms with Crippen molar-refractivity contribution >= 4 is 34.6 Å². The Kier molecular flexibility index (Phi) is 13.8. The summed E-state index contributed by atoms with van der Waals surface area (Å²) in [7, 11) is 7.48. The van der Waals surface area contributed by atoms with Gasteiger partial charge in [0.05, 0.1) is 0 Å². The van der Waals surface area contributed by atoms with E-state index in [-0.39, 0.29) is 24.1 Å². The summed E-state index contributed by atoms with van der Waals surface area (Å²) in [5.41, 5.74) is 0.794. The van der Waals surface area contributed by atoms with E-state index in [1.807, 2.05) is 92.4 Å². The number of alkyl carbamates (subject to hydrolysis) is 1. The zero-order chi connectivity index (χ0) is 39.8. The molecule has 296 valence electrons. The maximum atomic E-state index is 14.9. The number of fused-ring (bicyclic) bond motifs is 1. The van der Waals surface area contributed by atoms with Crippen LogP contribution in [0.25, 0.3) is 10.8 Å². The minimum absolute atomic E-state index is 0.0650. The molecular weight excluding hydrogens is 691 g/mol. The number of nitrogens with one attached hydrogen (secondary N) is 1. The van der Waals surface area contributed by atoms with Gasteiger partial charge in [-0.05, 0) is 107 Å². The molecule has 1 aliphatic carbocycles. The lowest BCUT2D eigenvalue weighted by atomic mass is 9.74. The average molecular weight is 752 g/mol. The standard InChI is InChI=1S/C45H61N5O5/c1-44(2,3)55-43(54)46-45(25-15-26-45)24-13-21-40(51)48(6)38(30-34-22-23-36-19-11-12-20-37(36)28-34)41(52)49(7)39(29-33-16-9-8-10-17-33)42(53)50-27-14-18-35(32-50)31-47(4)5/h8-13,16-17,19-23,28,35,38-39H,14-15,18,24-27,29-32H2,1-7H3,(H,46,54)/b21-13+/t35-,38-,39-/m1/s1. The molecule has 0 spiro atoms. The molecule has 0 unspecified atom stereocenters. The van der Waals surface area contributed by atoms with Gasteiger partial charge < -0.3 is 29.7 Å². The molecule has 3 atom stereocenters. The molecule has 0 bridgehead atoms. The lowest BCUT2D eigenvalue weighted by molar-refractivity contribution is -0.150. The smallest absolute Gasteiger partial charge is 0.408 e. The first kappa shape index (κ1) is 41.5. The molecule has 1 saturated heterocycles. The highest BCUT2D eigenvalue weighted by Gasteiger charge is 2.40. The summed E-state index contributed by atoms with van der Waals surface area (Å²) in [5, 5.41) is 5.17. The molecule has 10 heteroatoms. The quantitative estimate of drug-likeness (QED) is 0.190. The van der Waals surface area contributed by atoms with Gasteiger partial charge in [0.2, 0.25) is 17.7 Å². The summed E-state index contributed by atoms with van der Waals surface area (Å²) >= 11 is 0. The predicted octanol–water partition coefficient (Wildman–Crippen LogP) is 6.47. The second kappa shape index (κ2) is 18.3. The third kappa shape index (κ3) is 11.4. The molecule has 0 radical (unpaired) electrons. The zero-order valence-electron chi connectivity index (χ0n) is 33.9. The minimum atomic E-state index is -0.880. The van der Waals surface area contributed by atoms with Gasteiger partial charge in [-0.15, -0.1) is 0 Å². The van der Waals surface area contributed by atoms with E-state index in [4.69, 9.17) is 4.74 Å². The van der Waals surface area contributed by atoms with Crippen LogP contribution in [0.4, 0.5) is 4.79 Å². The Hall–Kier alpha value is -4.70. The van der Waals surface area contributed by atoms with E-state index < -0.39 is 29.3 Å². The number of rotatable bonds is 14. The van der Waals surface area contributed by atoms with Crippen molar-refractivity contribution in [1.29, 1.82) is 0 Å². The van der Waals surface area contributed by atoms with Crippen LogP contribution in [0.15, 0.2) is 84.9 Å². The highest BCUT2D eigenvalue weighted by molar-refractivity contribution is 5.95. The normalized spacial score (nSPS) is 18.0. The van der Waals surface area contributed by atoms with Crippen LogP contribution in [0, 0.1) is 5.92 Å². The number of ether oxygens (including phenoxy) is 1. The van der Waals surface area contributed by atoms with E-state index in [9.17, 15) is 19.2 Å². The van der Waals surface area contributed by atoms with E-state index in [0.717, 1.165) is 60.5 Å². The molecule has 2 fully saturated rings. The number of hydrogen-bond donors (Lipinski definition) is 1. The Labute approximate surface area is 327 Å². The fraction of sp³-hybridized carbons (Fsp3) is 0.511. The van der Waals surface area contributed by atoms with Gasteiger partial charge in [-0.3, -0.25) is 14.4 Å². The summed E-state index contributed by atoms with van der Waals surface area (Å²) in [5.74, 6) is -0.325. The number of amides is 4. The first-order valence-electron chi connectivity index (χ1n) is 19.8. The van der Waals surface area contributed by atoms with Crippen LogP contribution in [-0.2, 0) is 32.0 Å². The number of likely N-dealkylation sites (N-methyl/N-ethyl adjacent to an activating group) is 2. The summed E-state index contributed by atoms with van der Waals surface area (Å²) in [6.07, 6.45) is 8.47. The predicted molar refractivity (Wildman–Crippen MR) is 218 cm³/mol. The van der Waals surface area contributed by atoms with Gasteiger partial charge in [0, 0.05) is 52.1 Å². The number of carbonyl (C=O) groups is 4. The SMILES string of the molecule is CN(C)C[C@H]1CCCN(C(=O)[C@@H](Cc2ccccc2)N(C)C(=O)[C@@H](Cc2ccc3ccccc3c2)N(C)C(=O)/C=C/CC2(NC(=O)OC(C)(C)C)CCC2)C1. The number of hydrogen-bond acceptors (Lipinski definition) is 6. The van der Waals surface area contributed by atoms with Crippen molar-refractivity contribution in [2.45, 2.75) is 95.4 Å². The number of likely N-dealkylation sites (tertiary alicyclic amines) is 1. The van der Waals surface area contributed by atoms with Crippen molar-refractivity contribution in [3.63, 3.8) is 0 Å². The molecule has 2 aliphatic rings. The number of carbonyl (C=O) groups excluding carboxylic acids is 4. The molecule has 1 aliphatic heterocycles. The molecule has 3 aromatic rings. The van der Waals surface area contributed by atoms with Crippen LogP contribution >= 0.6 is 0 Å². The maximum Gasteiger partial charge on any atom is 0.408 e. The van der Waals surface area contributed by atoms with Gasteiger partial charge in [-0.2, -0.15) is 0 Å². The molecule has 5 rings (SSSR count). The second-order valence-electron chi connectivity index (χ2n) is 16.9. The van der Waals surface area contributed by atoms with Crippen LogP contribution in [-0.4, -0.2) is 114 Å². The highest BCUT2D eigenvalue weighted by Crippen LogP contribution is 2.35. The lowest BCUT2D eigenvalue weighted by Gasteiger charge is -2.42. The maximum absolute atomic E-state index is 14.9.